The third-order valence-electron chi connectivity index (χ3n) is 5.00. The second-order valence-corrected chi connectivity index (χ2v) is 6.25. The zero-order valence-corrected chi connectivity index (χ0v) is 12.8. The highest BCUT2D eigenvalue weighted by atomic mass is 15.2. The van der Waals surface area contributed by atoms with Gasteiger partial charge in [0.05, 0.1) is 0 Å². The van der Waals surface area contributed by atoms with E-state index in [9.17, 15) is 0 Å². The average molecular weight is 267 g/mol. The number of fused-ring (bicyclic) bond motifs is 2. The van der Waals surface area contributed by atoms with E-state index in [2.05, 4.69) is 49.6 Å². The zero-order chi connectivity index (χ0) is 14.1. The minimum atomic E-state index is 0.780. The average Bonchev–Trinajstić information content (AvgIpc) is 2.48. The van der Waals surface area contributed by atoms with E-state index in [4.69, 9.17) is 0 Å². The molecular weight excluding hydrogens is 242 g/mol. The first-order valence-corrected chi connectivity index (χ1v) is 7.87. The van der Waals surface area contributed by atoms with Crippen LogP contribution in [0, 0.1) is 19.8 Å². The van der Waals surface area contributed by atoms with E-state index >= 15 is 0 Å². The summed E-state index contributed by atoms with van der Waals surface area (Å²) in [7, 11) is 0. The lowest BCUT2D eigenvalue weighted by molar-refractivity contribution is 0.222. The van der Waals surface area contributed by atoms with Gasteiger partial charge < -0.3 is 4.90 Å². The Morgan fingerprint density at radius 1 is 1.20 bits per heavy atom. The summed E-state index contributed by atoms with van der Waals surface area (Å²) < 4.78 is 0. The highest BCUT2D eigenvalue weighted by molar-refractivity contribution is 5.72. The standard InChI is InChI=1S/C19H25N/c1-4-5-6-18-19(16-9-11-20(18)12-10-16)17-8-7-14(2)15(3)13-17/h4,7-8,13,16H,1,5-6,9-12H2,2-3H3. The van der Waals surface area contributed by atoms with Crippen molar-refractivity contribution < 1.29 is 0 Å². The predicted octanol–water partition coefficient (Wildman–Crippen LogP) is 4.71. The number of nitrogens with zero attached hydrogens (tertiary/aromatic N) is 1. The van der Waals surface area contributed by atoms with Crippen molar-refractivity contribution in [1.29, 1.82) is 0 Å². The van der Waals surface area contributed by atoms with E-state index in [-0.39, 0.29) is 0 Å². The van der Waals surface area contributed by atoms with Gasteiger partial charge in [0.25, 0.3) is 0 Å². The fraction of sp³-hybridized carbons (Fsp3) is 0.474. The molecule has 20 heavy (non-hydrogen) atoms. The van der Waals surface area contributed by atoms with E-state index in [0.29, 0.717) is 0 Å². The maximum Gasteiger partial charge on any atom is 0.0180 e. The third-order valence-corrected chi connectivity index (χ3v) is 5.00. The zero-order valence-electron chi connectivity index (χ0n) is 12.8. The molecule has 2 bridgehead atoms. The van der Waals surface area contributed by atoms with Crippen LogP contribution < -0.4 is 0 Å². The number of allylic oxidation sites excluding steroid dienone is 3. The van der Waals surface area contributed by atoms with Crippen molar-refractivity contribution in [2.75, 3.05) is 13.1 Å². The van der Waals surface area contributed by atoms with Crippen molar-refractivity contribution >= 4 is 5.57 Å². The molecule has 1 aromatic rings. The maximum atomic E-state index is 3.89. The summed E-state index contributed by atoms with van der Waals surface area (Å²) in [5, 5.41) is 0. The lowest BCUT2D eigenvalue weighted by atomic mass is 9.78. The number of piperidine rings is 1. The minimum Gasteiger partial charge on any atom is -0.375 e. The Kier molecular flexibility index (Phi) is 3.69. The van der Waals surface area contributed by atoms with E-state index in [0.717, 1.165) is 18.8 Å². The van der Waals surface area contributed by atoms with Gasteiger partial charge in [-0.25, -0.2) is 0 Å². The number of hydrogen-bond acceptors (Lipinski definition) is 1. The molecule has 3 aliphatic heterocycles. The maximum absolute atomic E-state index is 3.89. The van der Waals surface area contributed by atoms with E-state index < -0.39 is 0 Å². The smallest absolute Gasteiger partial charge is 0.0180 e. The van der Waals surface area contributed by atoms with Gasteiger partial charge in [0.2, 0.25) is 0 Å². The number of benzene rings is 1. The summed E-state index contributed by atoms with van der Waals surface area (Å²) in [5.41, 5.74) is 7.49. The summed E-state index contributed by atoms with van der Waals surface area (Å²) in [6.45, 7) is 10.8. The summed E-state index contributed by atoms with van der Waals surface area (Å²) in [4.78, 5) is 2.62. The molecule has 0 N–H and O–H groups in total. The normalized spacial score (nSPS) is 18.8. The fourth-order valence-corrected chi connectivity index (χ4v) is 3.69. The largest absolute Gasteiger partial charge is 0.375 e. The van der Waals surface area contributed by atoms with Crippen LogP contribution in [0.25, 0.3) is 5.57 Å². The molecule has 1 saturated heterocycles. The van der Waals surface area contributed by atoms with Gasteiger partial charge in [0, 0.05) is 18.8 Å². The molecule has 106 valence electrons. The molecule has 0 spiro atoms. The Labute approximate surface area is 123 Å². The molecule has 0 atom stereocenters. The highest BCUT2D eigenvalue weighted by Gasteiger charge is 2.33. The lowest BCUT2D eigenvalue weighted by Crippen LogP contribution is -2.39. The Balaban J connectivity index is 2.05. The Hall–Kier alpha value is -1.50. The van der Waals surface area contributed by atoms with E-state index in [1.807, 2.05) is 0 Å². The van der Waals surface area contributed by atoms with Gasteiger partial charge in [0.1, 0.15) is 0 Å². The molecule has 1 aromatic carbocycles. The first kappa shape index (κ1) is 13.5. The number of hydrogen-bond donors (Lipinski definition) is 0. The number of rotatable bonds is 4. The molecule has 1 nitrogen and oxygen atoms in total. The van der Waals surface area contributed by atoms with Crippen LogP contribution in [0.2, 0.25) is 0 Å². The summed E-state index contributed by atoms with van der Waals surface area (Å²) >= 11 is 0. The van der Waals surface area contributed by atoms with Crippen molar-refractivity contribution in [3.05, 3.63) is 53.2 Å². The fourth-order valence-electron chi connectivity index (χ4n) is 3.69. The van der Waals surface area contributed by atoms with Crippen LogP contribution in [0.3, 0.4) is 0 Å². The van der Waals surface area contributed by atoms with Gasteiger partial charge in [-0.1, -0.05) is 24.3 Å². The Morgan fingerprint density at radius 2 is 1.95 bits per heavy atom. The summed E-state index contributed by atoms with van der Waals surface area (Å²) in [5.74, 6) is 0.780. The second kappa shape index (κ2) is 5.47. The van der Waals surface area contributed by atoms with Crippen LogP contribution in [0.4, 0.5) is 0 Å². The van der Waals surface area contributed by atoms with Crippen molar-refractivity contribution in [1.82, 2.24) is 4.90 Å². The Bertz CT molecular complexity index is 545. The van der Waals surface area contributed by atoms with Crippen LogP contribution in [-0.4, -0.2) is 18.0 Å². The summed E-state index contributed by atoms with van der Waals surface area (Å²) in [6.07, 6.45) is 6.96. The molecule has 0 unspecified atom stereocenters. The Morgan fingerprint density at radius 3 is 2.60 bits per heavy atom. The summed E-state index contributed by atoms with van der Waals surface area (Å²) in [6, 6.07) is 6.99. The molecule has 4 rings (SSSR count). The first-order valence-electron chi connectivity index (χ1n) is 7.87. The van der Waals surface area contributed by atoms with Crippen LogP contribution >= 0.6 is 0 Å². The SMILES string of the molecule is C=CCCC1=C(c2ccc(C)c(C)c2)C2CCN1CC2. The van der Waals surface area contributed by atoms with Gasteiger partial charge in [-0.3, -0.25) is 0 Å². The van der Waals surface area contributed by atoms with Crippen LogP contribution in [0.15, 0.2) is 36.6 Å². The molecular formula is C19H25N. The van der Waals surface area contributed by atoms with Crippen molar-refractivity contribution in [2.45, 2.75) is 39.5 Å². The van der Waals surface area contributed by atoms with Gasteiger partial charge in [-0.15, -0.1) is 6.58 Å². The van der Waals surface area contributed by atoms with Crippen molar-refractivity contribution in [3.8, 4) is 0 Å². The van der Waals surface area contributed by atoms with Gasteiger partial charge in [-0.2, -0.15) is 0 Å². The monoisotopic (exact) mass is 267 g/mol. The first-order chi connectivity index (χ1) is 9.70. The second-order valence-electron chi connectivity index (χ2n) is 6.25. The molecule has 1 heteroatoms. The van der Waals surface area contributed by atoms with E-state index in [1.54, 1.807) is 11.3 Å². The van der Waals surface area contributed by atoms with Crippen LogP contribution in [-0.2, 0) is 0 Å². The molecule has 0 aromatic heterocycles. The topological polar surface area (TPSA) is 3.24 Å². The number of aryl methyl sites for hydroxylation is 2. The molecule has 0 aliphatic carbocycles. The molecule has 3 aliphatic rings. The van der Waals surface area contributed by atoms with Crippen LogP contribution in [0.1, 0.15) is 42.4 Å². The highest BCUT2D eigenvalue weighted by Crippen LogP contribution is 2.43. The molecule has 0 amide bonds. The lowest BCUT2D eigenvalue weighted by Gasteiger charge is -2.44. The molecule has 0 radical (unpaired) electrons. The van der Waals surface area contributed by atoms with Gasteiger partial charge in [-0.05, 0) is 67.7 Å². The quantitative estimate of drug-likeness (QED) is 0.714. The van der Waals surface area contributed by atoms with Gasteiger partial charge >= 0.3 is 0 Å². The molecule has 0 saturated carbocycles. The van der Waals surface area contributed by atoms with Crippen LogP contribution in [0.5, 0.6) is 0 Å². The predicted molar refractivity (Wildman–Crippen MR) is 86.6 cm³/mol. The van der Waals surface area contributed by atoms with E-state index in [1.165, 1.54) is 42.6 Å². The minimum absolute atomic E-state index is 0.780. The van der Waals surface area contributed by atoms with Crippen molar-refractivity contribution in [2.24, 2.45) is 5.92 Å². The van der Waals surface area contributed by atoms with Gasteiger partial charge in [0.15, 0.2) is 0 Å². The van der Waals surface area contributed by atoms with Crippen molar-refractivity contribution in [3.63, 3.8) is 0 Å². The third kappa shape index (κ3) is 2.30. The molecule has 3 heterocycles. The molecule has 1 fully saturated rings.